The maximum Gasteiger partial charge on any atom is 0.417 e. The number of halogens is 6. The van der Waals surface area contributed by atoms with Gasteiger partial charge in [0.1, 0.15) is 5.75 Å². The van der Waals surface area contributed by atoms with Crippen molar-refractivity contribution in [3.05, 3.63) is 58.1 Å². The van der Waals surface area contributed by atoms with E-state index in [-0.39, 0.29) is 5.75 Å². The van der Waals surface area contributed by atoms with Gasteiger partial charge in [-0.3, -0.25) is 0 Å². The van der Waals surface area contributed by atoms with Crippen LogP contribution in [0, 0.1) is 11.6 Å². The smallest absolute Gasteiger partial charge is 0.417 e. The summed E-state index contributed by atoms with van der Waals surface area (Å²) in [7, 11) is 0. The van der Waals surface area contributed by atoms with Gasteiger partial charge in [-0.2, -0.15) is 13.2 Å². The lowest BCUT2D eigenvalue weighted by Crippen LogP contribution is -2.06. The van der Waals surface area contributed by atoms with Crippen molar-refractivity contribution in [3.63, 3.8) is 0 Å². The van der Waals surface area contributed by atoms with Gasteiger partial charge >= 0.3 is 6.18 Å². The second-order valence-corrected chi connectivity index (χ2v) is 4.89. The van der Waals surface area contributed by atoms with Gasteiger partial charge in [0, 0.05) is 0 Å². The third-order valence-corrected chi connectivity index (χ3v) is 3.26. The zero-order chi connectivity index (χ0) is 16.5. The lowest BCUT2D eigenvalue weighted by molar-refractivity contribution is -0.137. The van der Waals surface area contributed by atoms with E-state index in [0.717, 1.165) is 24.3 Å². The van der Waals surface area contributed by atoms with Crippen LogP contribution in [0.15, 0.2) is 30.3 Å². The topological polar surface area (TPSA) is 9.23 Å². The minimum absolute atomic E-state index is 0.362. The second kappa shape index (κ2) is 6.12. The average Bonchev–Trinajstić information content (AvgIpc) is 2.43. The molecule has 0 fully saturated rings. The molecule has 0 aliphatic carbocycles. The first kappa shape index (κ1) is 16.5. The summed E-state index contributed by atoms with van der Waals surface area (Å²) in [5.74, 6) is -3.09. The van der Waals surface area contributed by atoms with Crippen LogP contribution < -0.4 is 4.74 Å². The predicted molar refractivity (Wildman–Crippen MR) is 72.3 cm³/mol. The van der Waals surface area contributed by atoms with Crippen molar-refractivity contribution < 1.29 is 26.7 Å². The zero-order valence-electron chi connectivity index (χ0n) is 11.3. The van der Waals surface area contributed by atoms with Gasteiger partial charge in [-0.25, -0.2) is 8.78 Å². The highest BCUT2D eigenvalue weighted by atomic mass is 35.5. The van der Waals surface area contributed by atoms with Gasteiger partial charge in [0.15, 0.2) is 17.4 Å². The lowest BCUT2D eigenvalue weighted by atomic mass is 10.1. The number of alkyl halides is 3. The van der Waals surface area contributed by atoms with Crippen LogP contribution in [0.25, 0.3) is 0 Å². The maximum atomic E-state index is 13.8. The first-order valence-corrected chi connectivity index (χ1v) is 6.62. The van der Waals surface area contributed by atoms with Gasteiger partial charge < -0.3 is 4.74 Å². The van der Waals surface area contributed by atoms with Crippen molar-refractivity contribution in [1.82, 2.24) is 0 Å². The van der Waals surface area contributed by atoms with Crippen LogP contribution >= 0.6 is 11.6 Å². The molecule has 0 aliphatic rings. The molecule has 0 bridgehead atoms. The Kier molecular flexibility index (Phi) is 4.60. The van der Waals surface area contributed by atoms with Crippen molar-refractivity contribution in [3.8, 4) is 11.5 Å². The fourth-order valence-corrected chi connectivity index (χ4v) is 2.04. The van der Waals surface area contributed by atoms with E-state index in [0.29, 0.717) is 18.1 Å². The van der Waals surface area contributed by atoms with E-state index in [9.17, 15) is 22.0 Å². The molecule has 118 valence electrons. The molecule has 0 aromatic heterocycles. The fraction of sp³-hybridized carbons (Fsp3) is 0.200. The first-order valence-electron chi connectivity index (χ1n) is 6.25. The number of hydrogen-bond donors (Lipinski definition) is 0. The van der Waals surface area contributed by atoms with E-state index < -0.39 is 34.1 Å². The van der Waals surface area contributed by atoms with Gasteiger partial charge in [0.25, 0.3) is 0 Å². The van der Waals surface area contributed by atoms with E-state index >= 15 is 0 Å². The summed E-state index contributed by atoms with van der Waals surface area (Å²) in [5, 5.41) is -0.526. The molecule has 7 heteroatoms. The molecule has 0 spiro atoms. The van der Waals surface area contributed by atoms with Crippen molar-refractivity contribution in [1.29, 1.82) is 0 Å². The molecule has 0 aliphatic heterocycles. The Bertz CT molecular complexity index is 674. The molecule has 0 amide bonds. The Morgan fingerprint density at radius 3 is 2.14 bits per heavy atom. The number of aryl methyl sites for hydroxylation is 1. The molecule has 2 aromatic carbocycles. The maximum absolute atomic E-state index is 13.8. The van der Waals surface area contributed by atoms with Gasteiger partial charge in [0.05, 0.1) is 10.6 Å². The van der Waals surface area contributed by atoms with Gasteiger partial charge in [0.2, 0.25) is 0 Å². The molecular weight excluding hydrogens is 327 g/mol. The molecular formula is C15H10ClF5O. The molecule has 0 saturated carbocycles. The number of ether oxygens (including phenoxy) is 1. The molecule has 22 heavy (non-hydrogen) atoms. The van der Waals surface area contributed by atoms with Gasteiger partial charge in [-0.1, -0.05) is 18.5 Å². The summed E-state index contributed by atoms with van der Waals surface area (Å²) >= 11 is 5.46. The van der Waals surface area contributed by atoms with Crippen molar-refractivity contribution >= 4 is 11.6 Å². The SMILES string of the molecule is CCc1cc(F)c(Oc2ccc(Cl)c(C(F)(F)F)c2)c(F)c1. The highest BCUT2D eigenvalue weighted by Crippen LogP contribution is 2.38. The summed E-state index contributed by atoms with van der Waals surface area (Å²) in [6, 6.07) is 4.78. The fourth-order valence-electron chi connectivity index (χ4n) is 1.82. The second-order valence-electron chi connectivity index (χ2n) is 4.48. The summed E-state index contributed by atoms with van der Waals surface area (Å²) in [6.07, 6.45) is -4.28. The van der Waals surface area contributed by atoms with Crippen molar-refractivity contribution in [2.45, 2.75) is 19.5 Å². The summed E-state index contributed by atoms with van der Waals surface area (Å²) < 4.78 is 70.7. The average molecular weight is 337 g/mol. The van der Waals surface area contributed by atoms with Crippen LogP contribution in [-0.4, -0.2) is 0 Å². The Morgan fingerprint density at radius 1 is 1.05 bits per heavy atom. The molecule has 1 nitrogen and oxygen atoms in total. The Hall–Kier alpha value is -1.82. The Balaban J connectivity index is 2.40. The lowest BCUT2D eigenvalue weighted by Gasteiger charge is -2.13. The molecule has 0 unspecified atom stereocenters. The van der Waals surface area contributed by atoms with Crippen LogP contribution in [0.2, 0.25) is 5.02 Å². The summed E-state index contributed by atoms with van der Waals surface area (Å²) in [6.45, 7) is 1.71. The Morgan fingerprint density at radius 2 is 1.64 bits per heavy atom. The van der Waals surface area contributed by atoms with E-state index in [2.05, 4.69) is 0 Å². The largest absolute Gasteiger partial charge is 0.451 e. The highest BCUT2D eigenvalue weighted by molar-refractivity contribution is 6.31. The van der Waals surface area contributed by atoms with Crippen LogP contribution in [-0.2, 0) is 12.6 Å². The third-order valence-electron chi connectivity index (χ3n) is 2.93. The number of rotatable bonds is 3. The Labute approximate surface area is 128 Å². The van der Waals surface area contributed by atoms with E-state index in [4.69, 9.17) is 16.3 Å². The van der Waals surface area contributed by atoms with Gasteiger partial charge in [-0.05, 0) is 42.3 Å². The van der Waals surface area contributed by atoms with Crippen molar-refractivity contribution in [2.24, 2.45) is 0 Å². The minimum atomic E-state index is -4.69. The molecule has 0 radical (unpaired) electrons. The molecule has 0 heterocycles. The highest BCUT2D eigenvalue weighted by Gasteiger charge is 2.33. The number of hydrogen-bond acceptors (Lipinski definition) is 1. The first-order chi connectivity index (χ1) is 10.2. The molecule has 2 rings (SSSR count). The van der Waals surface area contributed by atoms with E-state index in [1.807, 2.05) is 0 Å². The van der Waals surface area contributed by atoms with Crippen LogP contribution in [0.4, 0.5) is 22.0 Å². The molecule has 2 aromatic rings. The zero-order valence-corrected chi connectivity index (χ0v) is 12.0. The predicted octanol–water partition coefficient (Wildman–Crippen LogP) is 5.99. The molecule has 0 N–H and O–H groups in total. The van der Waals surface area contributed by atoms with Crippen LogP contribution in [0.5, 0.6) is 11.5 Å². The van der Waals surface area contributed by atoms with Gasteiger partial charge in [-0.15, -0.1) is 0 Å². The third kappa shape index (κ3) is 3.50. The summed E-state index contributed by atoms with van der Waals surface area (Å²) in [4.78, 5) is 0. The van der Waals surface area contributed by atoms with Crippen molar-refractivity contribution in [2.75, 3.05) is 0 Å². The normalized spacial score (nSPS) is 11.6. The molecule has 0 saturated heterocycles. The molecule has 0 atom stereocenters. The van der Waals surface area contributed by atoms with Crippen LogP contribution in [0.1, 0.15) is 18.1 Å². The minimum Gasteiger partial charge on any atom is -0.451 e. The monoisotopic (exact) mass is 336 g/mol. The van der Waals surface area contributed by atoms with Crippen LogP contribution in [0.3, 0.4) is 0 Å². The standard InChI is InChI=1S/C15H10ClF5O/c1-2-8-5-12(17)14(13(18)6-8)22-9-3-4-11(16)10(7-9)15(19,20)21/h3-7H,2H2,1H3. The van der Waals surface area contributed by atoms with E-state index in [1.54, 1.807) is 6.92 Å². The van der Waals surface area contributed by atoms with E-state index in [1.165, 1.54) is 0 Å². The quantitative estimate of drug-likeness (QED) is 0.625. The number of benzene rings is 2. The summed E-state index contributed by atoms with van der Waals surface area (Å²) in [5.41, 5.74) is -0.730.